The van der Waals surface area contributed by atoms with Crippen molar-refractivity contribution in [1.82, 2.24) is 24.5 Å². The molecular formula is C24H23F3N6O3S. The first kappa shape index (κ1) is 26.1. The number of hydrogen-bond acceptors (Lipinski definition) is 8. The fraction of sp³-hybridized carbons (Fsp3) is 0.292. The van der Waals surface area contributed by atoms with Crippen molar-refractivity contribution in [3.8, 4) is 5.88 Å². The zero-order chi connectivity index (χ0) is 26.6. The number of nitrogens with zero attached hydrogens (tertiary/aromatic N) is 6. The summed E-state index contributed by atoms with van der Waals surface area (Å²) in [5.74, 6) is -0.164. The smallest absolute Gasteiger partial charge is 0.481 e. The molecule has 5 rings (SSSR count). The van der Waals surface area contributed by atoms with Crippen molar-refractivity contribution in [3.63, 3.8) is 0 Å². The number of imidazole rings is 1. The molecule has 0 spiro atoms. The molecule has 1 aromatic carbocycles. The van der Waals surface area contributed by atoms with Crippen LogP contribution in [0.2, 0.25) is 0 Å². The number of halogens is 3. The average molecular weight is 533 g/mol. The molecule has 1 aliphatic rings. The maximum Gasteiger partial charge on any atom is 0.490 e. The monoisotopic (exact) mass is 532 g/mol. The molecule has 3 aromatic heterocycles. The van der Waals surface area contributed by atoms with E-state index >= 15 is 0 Å². The van der Waals surface area contributed by atoms with Crippen LogP contribution in [-0.4, -0.2) is 55.4 Å². The van der Waals surface area contributed by atoms with Gasteiger partial charge in [0.25, 0.3) is 0 Å². The Morgan fingerprint density at radius 2 is 2.00 bits per heavy atom. The van der Waals surface area contributed by atoms with Gasteiger partial charge in [-0.05, 0) is 18.1 Å². The van der Waals surface area contributed by atoms with E-state index in [1.807, 2.05) is 25.4 Å². The van der Waals surface area contributed by atoms with E-state index in [2.05, 4.69) is 54.1 Å². The largest absolute Gasteiger partial charge is 0.490 e. The first-order valence-electron chi connectivity index (χ1n) is 11.1. The van der Waals surface area contributed by atoms with Crippen LogP contribution in [0, 0.1) is 6.92 Å². The molecule has 0 aliphatic carbocycles. The third-order valence-corrected chi connectivity index (χ3v) is 6.48. The molecule has 37 heavy (non-hydrogen) atoms. The van der Waals surface area contributed by atoms with Crippen LogP contribution in [0.4, 0.5) is 19.0 Å². The highest BCUT2D eigenvalue weighted by molar-refractivity contribution is 7.09. The van der Waals surface area contributed by atoms with Gasteiger partial charge in [0.05, 0.1) is 30.3 Å². The number of hydrogen-bond donors (Lipinski definition) is 1. The maximum atomic E-state index is 10.6. The predicted octanol–water partition coefficient (Wildman–Crippen LogP) is 4.28. The van der Waals surface area contributed by atoms with E-state index in [-0.39, 0.29) is 5.92 Å². The lowest BCUT2D eigenvalue weighted by Gasteiger charge is -2.35. The summed E-state index contributed by atoms with van der Waals surface area (Å²) < 4.78 is 39.2. The molecule has 0 saturated heterocycles. The summed E-state index contributed by atoms with van der Waals surface area (Å²) in [6.07, 6.45) is 0.387. The third kappa shape index (κ3) is 6.23. The van der Waals surface area contributed by atoms with Gasteiger partial charge in [0.2, 0.25) is 5.88 Å². The highest BCUT2D eigenvalue weighted by Gasteiger charge is 2.38. The number of aliphatic carboxylic acids is 1. The average Bonchev–Trinajstić information content (AvgIpc) is 3.51. The van der Waals surface area contributed by atoms with E-state index in [4.69, 9.17) is 19.6 Å². The standard InChI is InChI=1S/C22H22N6OS.C2HF3O2/c1-15-26-17(13-30-15)11-27-8-7-23-22(27)19-12-28(10-16-5-3-4-6-18(16)19)20-9-21(29-2)25-14-24-20;3-2(4,5)1(6)7/h3-9,13-14,19H,10-12H2,1-2H3;(H,6,7). The van der Waals surface area contributed by atoms with Gasteiger partial charge in [-0.25, -0.2) is 24.7 Å². The first-order chi connectivity index (χ1) is 17.7. The number of alkyl halides is 3. The number of aryl methyl sites for hydroxylation is 1. The second-order valence-electron chi connectivity index (χ2n) is 8.12. The fourth-order valence-electron chi connectivity index (χ4n) is 4.04. The zero-order valence-corrected chi connectivity index (χ0v) is 20.7. The van der Waals surface area contributed by atoms with Crippen LogP contribution in [0.1, 0.15) is 33.6 Å². The van der Waals surface area contributed by atoms with Gasteiger partial charge in [0.1, 0.15) is 18.0 Å². The molecular weight excluding hydrogens is 509 g/mol. The molecule has 1 unspecified atom stereocenters. The Kier molecular flexibility index (Phi) is 7.71. The molecule has 4 aromatic rings. The number of thiazole rings is 1. The molecule has 0 fully saturated rings. The van der Waals surface area contributed by atoms with Crippen LogP contribution in [0.3, 0.4) is 0 Å². The van der Waals surface area contributed by atoms with Crippen molar-refractivity contribution >= 4 is 23.1 Å². The van der Waals surface area contributed by atoms with E-state index in [9.17, 15) is 13.2 Å². The van der Waals surface area contributed by atoms with E-state index in [1.165, 1.54) is 11.1 Å². The van der Waals surface area contributed by atoms with E-state index in [0.29, 0.717) is 5.88 Å². The molecule has 0 bridgehead atoms. The lowest BCUT2D eigenvalue weighted by molar-refractivity contribution is -0.192. The van der Waals surface area contributed by atoms with Gasteiger partial charge in [0.15, 0.2) is 0 Å². The summed E-state index contributed by atoms with van der Waals surface area (Å²) in [5, 5.41) is 10.3. The minimum absolute atomic E-state index is 0.130. The van der Waals surface area contributed by atoms with Crippen molar-refractivity contribution in [3.05, 3.63) is 82.1 Å². The normalized spacial score (nSPS) is 14.9. The first-order valence-corrected chi connectivity index (χ1v) is 11.9. The summed E-state index contributed by atoms with van der Waals surface area (Å²) in [6, 6.07) is 10.5. The van der Waals surface area contributed by atoms with Crippen molar-refractivity contribution in [2.75, 3.05) is 18.6 Å². The lowest BCUT2D eigenvalue weighted by atomic mass is 9.89. The molecule has 1 atom stereocenters. The number of carboxylic acid groups (broad SMARTS) is 1. The molecule has 1 aliphatic heterocycles. The fourth-order valence-corrected chi connectivity index (χ4v) is 4.64. The molecule has 0 radical (unpaired) electrons. The number of carbonyl (C=O) groups is 1. The number of rotatable bonds is 5. The van der Waals surface area contributed by atoms with Crippen molar-refractivity contribution in [1.29, 1.82) is 0 Å². The summed E-state index contributed by atoms with van der Waals surface area (Å²) in [6.45, 7) is 4.33. The zero-order valence-electron chi connectivity index (χ0n) is 19.9. The van der Waals surface area contributed by atoms with Gasteiger partial charge in [-0.15, -0.1) is 11.3 Å². The molecule has 1 N–H and O–H groups in total. The Balaban J connectivity index is 0.000000405. The van der Waals surface area contributed by atoms with Gasteiger partial charge in [-0.2, -0.15) is 13.2 Å². The van der Waals surface area contributed by atoms with Gasteiger partial charge in [-0.3, -0.25) is 0 Å². The van der Waals surface area contributed by atoms with E-state index in [1.54, 1.807) is 24.8 Å². The van der Waals surface area contributed by atoms with Crippen LogP contribution >= 0.6 is 11.3 Å². The summed E-state index contributed by atoms with van der Waals surface area (Å²) in [4.78, 5) is 29.2. The Bertz CT molecular complexity index is 1370. The van der Waals surface area contributed by atoms with Crippen molar-refractivity contribution in [2.45, 2.75) is 32.1 Å². The van der Waals surface area contributed by atoms with E-state index in [0.717, 1.165) is 42.0 Å². The Labute approximate surface area is 214 Å². The SMILES string of the molecule is COc1cc(N2Cc3ccccc3C(c3nccn3Cc3csc(C)n3)C2)ncn1.O=C(O)C(F)(F)F. The molecule has 194 valence electrons. The van der Waals surface area contributed by atoms with Gasteiger partial charge in [-0.1, -0.05) is 24.3 Å². The molecule has 0 amide bonds. The van der Waals surface area contributed by atoms with Crippen LogP contribution in [-0.2, 0) is 17.9 Å². The summed E-state index contributed by atoms with van der Waals surface area (Å²) in [7, 11) is 1.62. The van der Waals surface area contributed by atoms with Gasteiger partial charge < -0.3 is 19.3 Å². The minimum atomic E-state index is -5.08. The molecule has 0 saturated carbocycles. The number of anilines is 1. The highest BCUT2D eigenvalue weighted by Crippen LogP contribution is 2.35. The van der Waals surface area contributed by atoms with E-state index < -0.39 is 12.1 Å². The highest BCUT2D eigenvalue weighted by atomic mass is 32.1. The molecule has 4 heterocycles. The molecule has 9 nitrogen and oxygen atoms in total. The Hall–Kier alpha value is -4.00. The van der Waals surface area contributed by atoms with Crippen LogP contribution in [0.5, 0.6) is 5.88 Å². The molecule has 13 heteroatoms. The lowest BCUT2D eigenvalue weighted by Crippen LogP contribution is -2.35. The maximum absolute atomic E-state index is 10.6. The minimum Gasteiger partial charge on any atom is -0.481 e. The third-order valence-electron chi connectivity index (χ3n) is 5.66. The number of carboxylic acids is 1. The van der Waals surface area contributed by atoms with Gasteiger partial charge >= 0.3 is 12.1 Å². The Morgan fingerprint density at radius 1 is 1.24 bits per heavy atom. The van der Waals surface area contributed by atoms with Crippen LogP contribution in [0.15, 0.2) is 54.4 Å². The quantitative estimate of drug-likeness (QED) is 0.406. The van der Waals surface area contributed by atoms with Crippen LogP contribution < -0.4 is 9.64 Å². The second kappa shape index (κ2) is 10.9. The number of aromatic nitrogens is 5. The number of benzene rings is 1. The number of methoxy groups -OCH3 is 1. The topological polar surface area (TPSA) is 106 Å². The van der Waals surface area contributed by atoms with Gasteiger partial charge in [0, 0.05) is 36.9 Å². The Morgan fingerprint density at radius 3 is 2.68 bits per heavy atom. The van der Waals surface area contributed by atoms with Crippen LogP contribution in [0.25, 0.3) is 0 Å². The number of ether oxygens (including phenoxy) is 1. The number of fused-ring (bicyclic) bond motifs is 1. The second-order valence-corrected chi connectivity index (χ2v) is 9.19. The predicted molar refractivity (Wildman–Crippen MR) is 130 cm³/mol. The van der Waals surface area contributed by atoms with Crippen molar-refractivity contribution in [2.24, 2.45) is 0 Å². The summed E-state index contributed by atoms with van der Waals surface area (Å²) >= 11 is 1.68. The van der Waals surface area contributed by atoms with Crippen molar-refractivity contribution < 1.29 is 27.8 Å². The summed E-state index contributed by atoms with van der Waals surface area (Å²) in [5.41, 5.74) is 3.67.